The minimum Gasteiger partial charge on any atom is -0.495 e. The van der Waals surface area contributed by atoms with Gasteiger partial charge in [0.15, 0.2) is 0 Å². The van der Waals surface area contributed by atoms with Crippen molar-refractivity contribution in [1.82, 2.24) is 10.0 Å². The molecule has 0 aliphatic carbocycles. The summed E-state index contributed by atoms with van der Waals surface area (Å²) in [7, 11) is -2.39. The van der Waals surface area contributed by atoms with E-state index < -0.39 is 10.0 Å². The van der Waals surface area contributed by atoms with Crippen LogP contribution < -0.4 is 20.5 Å². The highest BCUT2D eigenvalue weighted by Gasteiger charge is 2.17. The average molecular weight is 315 g/mol. The first kappa shape index (κ1) is 17.3. The van der Waals surface area contributed by atoms with E-state index in [0.29, 0.717) is 18.2 Å². The first-order valence-corrected chi connectivity index (χ1v) is 7.94. The van der Waals surface area contributed by atoms with Gasteiger partial charge in [0.25, 0.3) is 0 Å². The van der Waals surface area contributed by atoms with E-state index in [9.17, 15) is 13.2 Å². The SMILES string of the molecule is COc1cc(S(=O)(=O)NCC(=O)NCC(C)C)ccc1N. The van der Waals surface area contributed by atoms with Gasteiger partial charge in [-0.15, -0.1) is 0 Å². The van der Waals surface area contributed by atoms with Crippen LogP contribution in [-0.4, -0.2) is 34.5 Å². The summed E-state index contributed by atoms with van der Waals surface area (Å²) in [5.41, 5.74) is 5.97. The molecule has 4 N–H and O–H groups in total. The third kappa shape index (κ3) is 5.24. The largest absolute Gasteiger partial charge is 0.495 e. The van der Waals surface area contributed by atoms with Gasteiger partial charge >= 0.3 is 0 Å². The highest BCUT2D eigenvalue weighted by molar-refractivity contribution is 7.89. The molecule has 0 saturated carbocycles. The number of sulfonamides is 1. The lowest BCUT2D eigenvalue weighted by Crippen LogP contribution is -2.38. The van der Waals surface area contributed by atoms with Crippen LogP contribution in [0.25, 0.3) is 0 Å². The van der Waals surface area contributed by atoms with E-state index in [4.69, 9.17) is 10.5 Å². The van der Waals surface area contributed by atoms with Crippen molar-refractivity contribution < 1.29 is 17.9 Å². The van der Waals surface area contributed by atoms with Gasteiger partial charge in [-0.1, -0.05) is 13.8 Å². The highest BCUT2D eigenvalue weighted by Crippen LogP contribution is 2.24. The fourth-order valence-electron chi connectivity index (χ4n) is 1.48. The van der Waals surface area contributed by atoms with Crippen molar-refractivity contribution in [3.8, 4) is 5.75 Å². The molecule has 0 unspecified atom stereocenters. The molecule has 0 aliphatic rings. The van der Waals surface area contributed by atoms with Crippen LogP contribution in [0.2, 0.25) is 0 Å². The Morgan fingerprint density at radius 3 is 2.62 bits per heavy atom. The zero-order valence-electron chi connectivity index (χ0n) is 12.3. The summed E-state index contributed by atoms with van der Waals surface area (Å²) >= 11 is 0. The minimum atomic E-state index is -3.79. The van der Waals surface area contributed by atoms with Gasteiger partial charge in [-0.3, -0.25) is 4.79 Å². The smallest absolute Gasteiger partial charge is 0.241 e. The topological polar surface area (TPSA) is 111 Å². The van der Waals surface area contributed by atoms with E-state index in [2.05, 4.69) is 10.0 Å². The van der Waals surface area contributed by atoms with E-state index in [0.717, 1.165) is 0 Å². The Hall–Kier alpha value is -1.80. The molecule has 0 aliphatic heterocycles. The number of ether oxygens (including phenoxy) is 1. The fraction of sp³-hybridized carbons (Fsp3) is 0.462. The fourth-order valence-corrected chi connectivity index (χ4v) is 2.48. The van der Waals surface area contributed by atoms with Crippen molar-refractivity contribution >= 4 is 21.6 Å². The maximum atomic E-state index is 12.1. The number of nitrogens with two attached hydrogens (primary N) is 1. The quantitative estimate of drug-likeness (QED) is 0.628. The third-order valence-corrected chi connectivity index (χ3v) is 4.04. The number of anilines is 1. The van der Waals surface area contributed by atoms with E-state index in [1.165, 1.54) is 25.3 Å². The lowest BCUT2D eigenvalue weighted by Gasteiger charge is -2.10. The molecule has 0 bridgehead atoms. The van der Waals surface area contributed by atoms with Gasteiger partial charge < -0.3 is 15.8 Å². The van der Waals surface area contributed by atoms with Crippen LogP contribution >= 0.6 is 0 Å². The molecule has 1 rings (SSSR count). The number of methoxy groups -OCH3 is 1. The van der Waals surface area contributed by atoms with Crippen LogP contribution in [0.15, 0.2) is 23.1 Å². The first-order valence-electron chi connectivity index (χ1n) is 6.46. The van der Waals surface area contributed by atoms with Gasteiger partial charge in [0.2, 0.25) is 15.9 Å². The molecular weight excluding hydrogens is 294 g/mol. The molecule has 0 spiro atoms. The molecule has 21 heavy (non-hydrogen) atoms. The normalized spacial score (nSPS) is 11.4. The maximum Gasteiger partial charge on any atom is 0.241 e. The lowest BCUT2D eigenvalue weighted by molar-refractivity contribution is -0.120. The third-order valence-electron chi connectivity index (χ3n) is 2.65. The van der Waals surface area contributed by atoms with Crippen molar-refractivity contribution in [2.75, 3.05) is 25.9 Å². The Morgan fingerprint density at radius 2 is 2.05 bits per heavy atom. The zero-order valence-corrected chi connectivity index (χ0v) is 13.2. The predicted octanol–water partition coefficient (Wildman–Crippen LogP) is 0.328. The maximum absolute atomic E-state index is 12.1. The van der Waals surface area contributed by atoms with Crippen LogP contribution in [0.5, 0.6) is 5.75 Å². The number of benzene rings is 1. The van der Waals surface area contributed by atoms with Crippen molar-refractivity contribution in [1.29, 1.82) is 0 Å². The molecule has 7 nitrogen and oxygen atoms in total. The number of hydrogen-bond acceptors (Lipinski definition) is 5. The van der Waals surface area contributed by atoms with Gasteiger partial charge in [-0.2, -0.15) is 0 Å². The van der Waals surface area contributed by atoms with Crippen molar-refractivity contribution in [3.05, 3.63) is 18.2 Å². The standard InChI is InChI=1S/C13H21N3O4S/c1-9(2)7-15-13(17)8-16-21(18,19)10-4-5-11(14)12(6-10)20-3/h4-6,9,16H,7-8,14H2,1-3H3,(H,15,17). The van der Waals surface area contributed by atoms with Crippen LogP contribution in [0.3, 0.4) is 0 Å². The second-order valence-corrected chi connectivity index (χ2v) is 6.69. The monoisotopic (exact) mass is 315 g/mol. The Kier molecular flexibility index (Phi) is 5.98. The van der Waals surface area contributed by atoms with E-state index in [-0.39, 0.29) is 23.1 Å². The Morgan fingerprint density at radius 1 is 1.38 bits per heavy atom. The van der Waals surface area contributed by atoms with Crippen LogP contribution in [0.4, 0.5) is 5.69 Å². The number of nitrogen functional groups attached to an aromatic ring is 1. The Balaban J connectivity index is 2.71. The molecule has 0 saturated heterocycles. The molecule has 0 fully saturated rings. The highest BCUT2D eigenvalue weighted by atomic mass is 32.2. The number of hydrogen-bond donors (Lipinski definition) is 3. The van der Waals surface area contributed by atoms with Crippen molar-refractivity contribution in [2.45, 2.75) is 18.7 Å². The number of rotatable bonds is 7. The van der Waals surface area contributed by atoms with Crippen LogP contribution in [-0.2, 0) is 14.8 Å². The van der Waals surface area contributed by atoms with E-state index >= 15 is 0 Å². The van der Waals surface area contributed by atoms with Gasteiger partial charge in [-0.05, 0) is 18.1 Å². The Labute approximate surface area is 124 Å². The summed E-state index contributed by atoms with van der Waals surface area (Å²) in [6, 6.07) is 4.10. The molecule has 1 aromatic rings. The Bertz CT molecular complexity index is 599. The molecule has 0 atom stereocenters. The molecule has 118 valence electrons. The van der Waals surface area contributed by atoms with Gasteiger partial charge in [-0.25, -0.2) is 13.1 Å². The first-order chi connectivity index (χ1) is 9.76. The van der Waals surface area contributed by atoms with E-state index in [1.807, 2.05) is 13.8 Å². The van der Waals surface area contributed by atoms with Crippen molar-refractivity contribution in [3.63, 3.8) is 0 Å². The van der Waals surface area contributed by atoms with Gasteiger partial charge in [0, 0.05) is 12.6 Å². The number of amides is 1. The average Bonchev–Trinajstić information content (AvgIpc) is 2.43. The summed E-state index contributed by atoms with van der Waals surface area (Å²) < 4.78 is 31.3. The van der Waals surface area contributed by atoms with E-state index in [1.54, 1.807) is 0 Å². The lowest BCUT2D eigenvalue weighted by atomic mass is 10.2. The summed E-state index contributed by atoms with van der Waals surface area (Å²) in [5, 5.41) is 2.63. The molecule has 1 amide bonds. The summed E-state index contributed by atoms with van der Waals surface area (Å²) in [6.07, 6.45) is 0. The number of nitrogens with one attached hydrogen (secondary N) is 2. The summed E-state index contributed by atoms with van der Waals surface area (Å²) in [6.45, 7) is 4.08. The second kappa shape index (κ2) is 7.28. The van der Waals surface area contributed by atoms with Gasteiger partial charge in [0.05, 0.1) is 24.2 Å². The van der Waals surface area contributed by atoms with Crippen LogP contribution in [0.1, 0.15) is 13.8 Å². The predicted molar refractivity (Wildman–Crippen MR) is 80.4 cm³/mol. The molecular formula is C13H21N3O4S. The molecule has 0 aromatic heterocycles. The summed E-state index contributed by atoms with van der Waals surface area (Å²) in [5.74, 6) is 0.184. The molecule has 8 heteroatoms. The van der Waals surface area contributed by atoms with Crippen LogP contribution in [0, 0.1) is 5.92 Å². The molecule has 0 heterocycles. The zero-order chi connectivity index (χ0) is 16.0. The summed E-state index contributed by atoms with van der Waals surface area (Å²) in [4.78, 5) is 11.5. The second-order valence-electron chi connectivity index (χ2n) is 4.93. The van der Waals surface area contributed by atoms with Crippen molar-refractivity contribution in [2.24, 2.45) is 5.92 Å². The number of carbonyl (C=O) groups excluding carboxylic acids is 1. The molecule has 0 radical (unpaired) electrons. The minimum absolute atomic E-state index is 0.00907. The number of carbonyl (C=O) groups is 1. The van der Waals surface area contributed by atoms with Gasteiger partial charge in [0.1, 0.15) is 5.75 Å². The molecule has 1 aromatic carbocycles.